The molecule has 1 heterocycles. The van der Waals surface area contributed by atoms with Crippen LogP contribution in [0, 0.1) is 0 Å². The van der Waals surface area contributed by atoms with Crippen LogP contribution in [-0.4, -0.2) is 104 Å². The van der Waals surface area contributed by atoms with E-state index in [9.17, 15) is 14.4 Å². The number of piperazine rings is 1. The van der Waals surface area contributed by atoms with E-state index < -0.39 is 0 Å². The Kier molecular flexibility index (Phi) is 10.8. The molecule has 10 heteroatoms. The van der Waals surface area contributed by atoms with E-state index in [4.69, 9.17) is 9.47 Å². The van der Waals surface area contributed by atoms with Crippen molar-refractivity contribution in [1.82, 2.24) is 20.0 Å². The SMILES string of the molecule is CCOc1ccc(NC(=O)CN(C)CC(=O)N2CCN(CC(=O)NC(C)(C)C)CC2)cc1OCC. The molecule has 2 N–H and O–H groups in total. The number of hydrogen-bond acceptors (Lipinski definition) is 7. The molecule has 0 saturated carbocycles. The Labute approximate surface area is 208 Å². The summed E-state index contributed by atoms with van der Waals surface area (Å²) in [7, 11) is 1.74. The van der Waals surface area contributed by atoms with Crippen molar-refractivity contribution in [3.63, 3.8) is 0 Å². The number of ether oxygens (including phenoxy) is 2. The Bertz CT molecular complexity index is 862. The van der Waals surface area contributed by atoms with E-state index in [0.717, 1.165) is 0 Å². The van der Waals surface area contributed by atoms with Crippen LogP contribution >= 0.6 is 0 Å². The fourth-order valence-corrected chi connectivity index (χ4v) is 3.78. The third-order valence-corrected chi connectivity index (χ3v) is 5.25. The molecule has 35 heavy (non-hydrogen) atoms. The van der Waals surface area contributed by atoms with Gasteiger partial charge in [-0.2, -0.15) is 0 Å². The molecule has 0 unspecified atom stereocenters. The van der Waals surface area contributed by atoms with Gasteiger partial charge in [-0.25, -0.2) is 0 Å². The molecule has 1 aromatic rings. The summed E-state index contributed by atoms with van der Waals surface area (Å²) in [6, 6.07) is 5.26. The molecule has 0 bridgehead atoms. The van der Waals surface area contributed by atoms with E-state index in [1.165, 1.54) is 0 Å². The number of carbonyl (C=O) groups excluding carboxylic acids is 3. The van der Waals surface area contributed by atoms with Gasteiger partial charge in [0.2, 0.25) is 17.7 Å². The van der Waals surface area contributed by atoms with Crippen LogP contribution in [-0.2, 0) is 14.4 Å². The molecule has 0 aromatic heterocycles. The fraction of sp³-hybridized carbons (Fsp3) is 0.640. The van der Waals surface area contributed by atoms with Crippen molar-refractivity contribution in [3.05, 3.63) is 18.2 Å². The molecule has 0 atom stereocenters. The largest absolute Gasteiger partial charge is 0.490 e. The van der Waals surface area contributed by atoms with Crippen molar-refractivity contribution in [2.75, 3.05) is 71.4 Å². The maximum Gasteiger partial charge on any atom is 0.238 e. The van der Waals surface area contributed by atoms with Crippen molar-refractivity contribution in [2.45, 2.75) is 40.2 Å². The second-order valence-electron chi connectivity index (χ2n) is 9.70. The maximum absolute atomic E-state index is 12.7. The molecule has 196 valence electrons. The first-order chi connectivity index (χ1) is 16.5. The van der Waals surface area contributed by atoms with Gasteiger partial charge in [0.25, 0.3) is 0 Å². The fourth-order valence-electron chi connectivity index (χ4n) is 3.78. The van der Waals surface area contributed by atoms with E-state index in [2.05, 4.69) is 15.5 Å². The molecule has 0 spiro atoms. The number of carbonyl (C=O) groups is 3. The highest BCUT2D eigenvalue weighted by Gasteiger charge is 2.24. The molecular weight excluding hydrogens is 450 g/mol. The van der Waals surface area contributed by atoms with Gasteiger partial charge < -0.3 is 25.0 Å². The molecule has 2 rings (SSSR count). The van der Waals surface area contributed by atoms with Crippen LogP contribution in [0.15, 0.2) is 18.2 Å². The van der Waals surface area contributed by atoms with E-state index >= 15 is 0 Å². The maximum atomic E-state index is 12.7. The van der Waals surface area contributed by atoms with Crippen molar-refractivity contribution in [1.29, 1.82) is 0 Å². The van der Waals surface area contributed by atoms with E-state index in [-0.39, 0.29) is 36.3 Å². The number of amides is 3. The van der Waals surface area contributed by atoms with E-state index in [0.29, 0.717) is 63.1 Å². The van der Waals surface area contributed by atoms with Gasteiger partial charge in [0, 0.05) is 43.5 Å². The number of anilines is 1. The Balaban J connectivity index is 1.77. The van der Waals surface area contributed by atoms with Crippen LogP contribution in [0.2, 0.25) is 0 Å². The minimum absolute atomic E-state index is 0.0103. The molecule has 1 saturated heterocycles. The highest BCUT2D eigenvalue weighted by molar-refractivity contribution is 5.93. The number of benzene rings is 1. The Hall–Kier alpha value is -2.85. The van der Waals surface area contributed by atoms with E-state index in [1.807, 2.05) is 34.6 Å². The Morgan fingerprint density at radius 1 is 0.943 bits per heavy atom. The number of likely N-dealkylation sites (N-methyl/N-ethyl adjacent to an activating group) is 1. The predicted octanol–water partition coefficient (Wildman–Crippen LogP) is 1.41. The summed E-state index contributed by atoms with van der Waals surface area (Å²) in [5, 5.41) is 5.81. The number of hydrogen-bond donors (Lipinski definition) is 2. The zero-order valence-electron chi connectivity index (χ0n) is 22.0. The molecule has 3 amide bonds. The molecule has 0 radical (unpaired) electrons. The molecule has 1 aliphatic heterocycles. The van der Waals surface area contributed by atoms with Gasteiger partial charge in [0.15, 0.2) is 11.5 Å². The second-order valence-corrected chi connectivity index (χ2v) is 9.70. The molecule has 10 nitrogen and oxygen atoms in total. The third-order valence-electron chi connectivity index (χ3n) is 5.25. The first kappa shape index (κ1) is 28.4. The van der Waals surface area contributed by atoms with Gasteiger partial charge >= 0.3 is 0 Å². The summed E-state index contributed by atoms with van der Waals surface area (Å²) in [4.78, 5) is 42.9. The number of rotatable bonds is 11. The minimum atomic E-state index is -0.260. The summed E-state index contributed by atoms with van der Waals surface area (Å²) in [5.74, 6) is 0.944. The van der Waals surface area contributed by atoms with Gasteiger partial charge in [-0.05, 0) is 53.8 Å². The van der Waals surface area contributed by atoms with Crippen molar-refractivity contribution < 1.29 is 23.9 Å². The highest BCUT2D eigenvalue weighted by atomic mass is 16.5. The second kappa shape index (κ2) is 13.3. The Morgan fingerprint density at radius 3 is 2.17 bits per heavy atom. The van der Waals surface area contributed by atoms with Crippen LogP contribution in [0.5, 0.6) is 11.5 Å². The van der Waals surface area contributed by atoms with E-state index in [1.54, 1.807) is 35.0 Å². The van der Waals surface area contributed by atoms with Gasteiger partial charge in [-0.3, -0.25) is 24.2 Å². The lowest BCUT2D eigenvalue weighted by Crippen LogP contribution is -2.54. The smallest absolute Gasteiger partial charge is 0.238 e. The zero-order chi connectivity index (χ0) is 26.0. The molecule has 1 aromatic carbocycles. The normalized spacial score (nSPS) is 14.5. The lowest BCUT2D eigenvalue weighted by atomic mass is 10.1. The van der Waals surface area contributed by atoms with Crippen molar-refractivity contribution >= 4 is 23.4 Å². The lowest BCUT2D eigenvalue weighted by molar-refractivity contribution is -0.134. The van der Waals surface area contributed by atoms with Crippen LogP contribution in [0.3, 0.4) is 0 Å². The van der Waals surface area contributed by atoms with Crippen LogP contribution in [0.1, 0.15) is 34.6 Å². The predicted molar refractivity (Wildman–Crippen MR) is 136 cm³/mol. The molecular formula is C25H41N5O5. The first-order valence-electron chi connectivity index (χ1n) is 12.2. The van der Waals surface area contributed by atoms with Gasteiger partial charge in [0.1, 0.15) is 0 Å². The quantitative estimate of drug-likeness (QED) is 0.482. The number of nitrogens with zero attached hydrogens (tertiary/aromatic N) is 3. The van der Waals surface area contributed by atoms with Crippen LogP contribution < -0.4 is 20.1 Å². The van der Waals surface area contributed by atoms with Gasteiger partial charge in [-0.1, -0.05) is 0 Å². The highest BCUT2D eigenvalue weighted by Crippen LogP contribution is 2.30. The molecule has 0 aliphatic carbocycles. The topological polar surface area (TPSA) is 103 Å². The first-order valence-corrected chi connectivity index (χ1v) is 12.2. The minimum Gasteiger partial charge on any atom is -0.490 e. The summed E-state index contributed by atoms with van der Waals surface area (Å²) in [6.07, 6.45) is 0. The monoisotopic (exact) mass is 491 g/mol. The van der Waals surface area contributed by atoms with Crippen molar-refractivity contribution in [3.8, 4) is 11.5 Å². The summed E-state index contributed by atoms with van der Waals surface area (Å²) >= 11 is 0. The summed E-state index contributed by atoms with van der Waals surface area (Å²) in [6.45, 7) is 13.6. The zero-order valence-corrected chi connectivity index (χ0v) is 22.0. The standard InChI is InChI=1S/C25H41N5O5/c1-7-34-20-10-9-19(15-21(20)35-8-2)26-22(31)16-28(6)18-24(33)30-13-11-29(12-14-30)17-23(32)27-25(3,4)5/h9-10,15H,7-8,11-14,16-18H2,1-6H3,(H,26,31)(H,27,32). The summed E-state index contributed by atoms with van der Waals surface area (Å²) < 4.78 is 11.1. The van der Waals surface area contributed by atoms with Crippen molar-refractivity contribution in [2.24, 2.45) is 0 Å². The number of nitrogens with one attached hydrogen (secondary N) is 2. The third kappa shape index (κ3) is 10.1. The molecule has 1 fully saturated rings. The average Bonchev–Trinajstić information content (AvgIpc) is 2.74. The average molecular weight is 492 g/mol. The Morgan fingerprint density at radius 2 is 1.57 bits per heavy atom. The summed E-state index contributed by atoms with van der Waals surface area (Å²) in [5.41, 5.74) is 0.345. The van der Waals surface area contributed by atoms with Gasteiger partial charge in [-0.15, -0.1) is 0 Å². The van der Waals surface area contributed by atoms with Gasteiger partial charge in [0.05, 0.1) is 32.8 Å². The van der Waals surface area contributed by atoms with Crippen LogP contribution in [0.4, 0.5) is 5.69 Å². The lowest BCUT2D eigenvalue weighted by Gasteiger charge is -2.35. The molecule has 1 aliphatic rings. The van der Waals surface area contributed by atoms with Crippen LogP contribution in [0.25, 0.3) is 0 Å².